The Morgan fingerprint density at radius 1 is 1.03 bits per heavy atom. The van der Waals surface area contributed by atoms with Gasteiger partial charge in [-0.1, -0.05) is 3.89 Å². The number of halogens is 5. The molecule has 0 aliphatic rings. The van der Waals surface area contributed by atoms with Crippen LogP contribution in [0.2, 0.25) is 0 Å². The number of benzene rings is 2. The summed E-state index contributed by atoms with van der Waals surface area (Å²) in [5.41, 5.74) is -0.605. The van der Waals surface area contributed by atoms with Crippen LogP contribution < -0.4 is 8.92 Å². The van der Waals surface area contributed by atoms with Crippen LogP contribution in [0.4, 0.5) is 21.4 Å². The molecule has 2 aromatic carbocycles. The summed E-state index contributed by atoms with van der Waals surface area (Å²) in [6.45, 7) is -0.542. The van der Waals surface area contributed by atoms with Crippen LogP contribution in [0.15, 0.2) is 42.7 Å². The number of hydrogen-bond acceptors (Lipinski definition) is 6. The van der Waals surface area contributed by atoms with Crippen molar-refractivity contribution in [2.45, 2.75) is 13.0 Å². The zero-order valence-corrected chi connectivity index (χ0v) is 14.9. The van der Waals surface area contributed by atoms with Crippen molar-refractivity contribution in [3.8, 4) is 17.2 Å². The zero-order chi connectivity index (χ0) is 21.2. The molecule has 0 spiro atoms. The Balaban J connectivity index is 1.73. The summed E-state index contributed by atoms with van der Waals surface area (Å²) in [4.78, 5) is 3.34. The van der Waals surface area contributed by atoms with Crippen LogP contribution in [0.1, 0.15) is 17.8 Å². The van der Waals surface area contributed by atoms with Gasteiger partial charge in [0.25, 0.3) is 6.43 Å². The lowest BCUT2D eigenvalue weighted by Crippen LogP contribution is -2.05. The molecule has 1 heterocycles. The van der Waals surface area contributed by atoms with Crippen molar-refractivity contribution in [2.75, 3.05) is 0 Å². The summed E-state index contributed by atoms with van der Waals surface area (Å²) in [5.74, 6) is -3.05. The molecule has 7 nitrogen and oxygen atoms in total. The first-order chi connectivity index (χ1) is 13.6. The third kappa shape index (κ3) is 5.19. The zero-order valence-electron chi connectivity index (χ0n) is 14.1. The van der Waals surface area contributed by atoms with Gasteiger partial charge in [0.15, 0.2) is 0 Å². The second kappa shape index (κ2) is 8.03. The predicted octanol–water partition coefficient (Wildman–Crippen LogP) is 3.66. The van der Waals surface area contributed by atoms with Crippen molar-refractivity contribution in [3.63, 3.8) is 0 Å². The summed E-state index contributed by atoms with van der Waals surface area (Å²) in [5, 5.41) is 3.43. The highest BCUT2D eigenvalue weighted by atomic mass is 32.3. The fourth-order valence-electron chi connectivity index (χ4n) is 2.22. The van der Waals surface area contributed by atoms with Gasteiger partial charge in [0.1, 0.15) is 36.1 Å². The first-order valence-corrected chi connectivity index (χ1v) is 8.98. The van der Waals surface area contributed by atoms with E-state index in [1.165, 1.54) is 12.1 Å². The minimum Gasteiger partial charge on any atom is -0.489 e. The first-order valence-electron chi connectivity index (χ1n) is 7.67. The Morgan fingerprint density at radius 2 is 1.62 bits per heavy atom. The molecule has 0 aliphatic carbocycles. The molecule has 0 bridgehead atoms. The summed E-state index contributed by atoms with van der Waals surface area (Å²) < 4.78 is 96.8. The van der Waals surface area contributed by atoms with Crippen LogP contribution in [0, 0.1) is 11.6 Å². The third-order valence-corrected chi connectivity index (χ3v) is 3.89. The fourth-order valence-corrected chi connectivity index (χ4v) is 2.56. The van der Waals surface area contributed by atoms with Gasteiger partial charge >= 0.3 is 10.5 Å². The number of nitrogens with zero attached hydrogens (tertiary/aromatic N) is 3. The molecule has 0 fully saturated rings. The van der Waals surface area contributed by atoms with Crippen molar-refractivity contribution < 1.29 is 38.8 Å². The monoisotopic (exact) mass is 435 g/mol. The second-order valence-corrected chi connectivity index (χ2v) is 6.43. The predicted molar refractivity (Wildman–Crippen MR) is 87.7 cm³/mol. The van der Waals surface area contributed by atoms with E-state index in [2.05, 4.69) is 14.3 Å². The van der Waals surface area contributed by atoms with Gasteiger partial charge in [-0.25, -0.2) is 27.2 Å². The Morgan fingerprint density at radius 3 is 2.14 bits per heavy atom. The largest absolute Gasteiger partial charge is 0.489 e. The number of aromatic nitrogens is 3. The van der Waals surface area contributed by atoms with Gasteiger partial charge in [-0.15, -0.1) is 5.10 Å². The average molecular weight is 435 g/mol. The lowest BCUT2D eigenvalue weighted by Gasteiger charge is -2.10. The molecule has 29 heavy (non-hydrogen) atoms. The van der Waals surface area contributed by atoms with E-state index < -0.39 is 46.6 Å². The maximum absolute atomic E-state index is 14.3. The van der Waals surface area contributed by atoms with Gasteiger partial charge in [0.2, 0.25) is 5.82 Å². The number of ether oxygens (including phenoxy) is 1. The van der Waals surface area contributed by atoms with Crippen LogP contribution in [0.3, 0.4) is 0 Å². The Labute approximate surface area is 160 Å². The van der Waals surface area contributed by atoms with Crippen molar-refractivity contribution >= 4 is 10.5 Å². The molecular weight excluding hydrogens is 425 g/mol. The second-order valence-electron chi connectivity index (χ2n) is 5.47. The molecule has 0 N–H and O–H groups in total. The van der Waals surface area contributed by atoms with E-state index >= 15 is 0 Å². The highest BCUT2D eigenvalue weighted by Crippen LogP contribution is 2.23. The minimum atomic E-state index is -5.18. The highest BCUT2D eigenvalue weighted by Gasteiger charge is 2.17. The molecule has 0 atom stereocenters. The smallest absolute Gasteiger partial charge is 0.488 e. The van der Waals surface area contributed by atoms with Gasteiger partial charge in [-0.3, -0.25) is 0 Å². The van der Waals surface area contributed by atoms with Gasteiger partial charge in [-0.05, 0) is 24.3 Å². The molecule has 154 valence electrons. The van der Waals surface area contributed by atoms with Crippen LogP contribution in [0.25, 0.3) is 5.69 Å². The normalized spacial score (nSPS) is 11.7. The Hall–Kier alpha value is -3.22. The van der Waals surface area contributed by atoms with Crippen molar-refractivity contribution in [3.05, 3.63) is 65.7 Å². The van der Waals surface area contributed by atoms with E-state index in [0.29, 0.717) is 0 Å². The van der Waals surface area contributed by atoms with Gasteiger partial charge in [-0.2, -0.15) is 8.42 Å². The standard InChI is InChI=1S/C16H10F5N3O4S/c17-13-5-9(24-8-22-16(23-24)15(19)20)6-14(18)12(13)7-27-10-1-3-11(4-2-10)28-29(21,25)26/h1-6,8,15H,7H2. The molecule has 3 aromatic rings. The highest BCUT2D eigenvalue weighted by molar-refractivity contribution is 7.81. The maximum atomic E-state index is 14.3. The molecule has 0 aliphatic heterocycles. The quantitative estimate of drug-likeness (QED) is 0.416. The molecule has 13 heteroatoms. The van der Waals surface area contributed by atoms with Crippen molar-refractivity contribution in [2.24, 2.45) is 0 Å². The SMILES string of the molecule is O=S(=O)(F)Oc1ccc(OCc2c(F)cc(-n3cnc(C(F)F)n3)cc2F)cc1. The van der Waals surface area contributed by atoms with Gasteiger partial charge in [0, 0.05) is 12.1 Å². The molecule has 0 radical (unpaired) electrons. The molecule has 0 unspecified atom stereocenters. The van der Waals surface area contributed by atoms with Crippen LogP contribution in [-0.4, -0.2) is 23.2 Å². The summed E-state index contributed by atoms with van der Waals surface area (Å²) >= 11 is 0. The summed E-state index contributed by atoms with van der Waals surface area (Å²) in [7, 11) is -5.18. The Kier molecular flexibility index (Phi) is 5.68. The Bertz CT molecular complexity index is 1100. The molecular formula is C16H10F5N3O4S. The fraction of sp³-hybridized carbons (Fsp3) is 0.125. The summed E-state index contributed by atoms with van der Waals surface area (Å²) in [6, 6.07) is 6.29. The number of rotatable bonds is 7. The van der Waals surface area contributed by atoms with Crippen molar-refractivity contribution in [1.29, 1.82) is 0 Å². The lowest BCUT2D eigenvalue weighted by atomic mass is 10.2. The van der Waals surface area contributed by atoms with Crippen LogP contribution >= 0.6 is 0 Å². The van der Waals surface area contributed by atoms with E-state index in [4.69, 9.17) is 4.74 Å². The number of alkyl halides is 2. The van der Waals surface area contributed by atoms with E-state index in [0.717, 1.165) is 35.3 Å². The molecule has 1 aromatic heterocycles. The maximum Gasteiger partial charge on any atom is 0.488 e. The minimum absolute atomic E-state index is 0.0920. The van der Waals surface area contributed by atoms with Gasteiger partial charge in [0.05, 0.1) is 11.3 Å². The van der Waals surface area contributed by atoms with Crippen LogP contribution in [0.5, 0.6) is 11.5 Å². The first kappa shape index (κ1) is 20.5. The molecule has 0 saturated carbocycles. The third-order valence-electron chi connectivity index (χ3n) is 3.50. The number of hydrogen-bond donors (Lipinski definition) is 0. The average Bonchev–Trinajstić information content (AvgIpc) is 3.11. The molecule has 0 saturated heterocycles. The topological polar surface area (TPSA) is 83.3 Å². The summed E-state index contributed by atoms with van der Waals surface area (Å²) in [6.07, 6.45) is -2.03. The van der Waals surface area contributed by atoms with Crippen LogP contribution in [-0.2, 0) is 17.1 Å². The van der Waals surface area contributed by atoms with E-state index in [1.807, 2.05) is 0 Å². The van der Waals surface area contributed by atoms with Gasteiger partial charge < -0.3 is 8.92 Å². The molecule has 3 rings (SSSR count). The van der Waals surface area contributed by atoms with E-state index in [9.17, 15) is 29.9 Å². The van der Waals surface area contributed by atoms with E-state index in [1.54, 1.807) is 0 Å². The molecule has 0 amide bonds. The van der Waals surface area contributed by atoms with Crippen molar-refractivity contribution in [1.82, 2.24) is 14.8 Å². The van der Waals surface area contributed by atoms with E-state index in [-0.39, 0.29) is 17.2 Å². The lowest BCUT2D eigenvalue weighted by molar-refractivity contribution is 0.140.